The molecule has 2 aromatic heterocycles. The summed E-state index contributed by atoms with van der Waals surface area (Å²) in [4.78, 5) is 38.9. The minimum atomic E-state index is -0.795. The van der Waals surface area contributed by atoms with Crippen LogP contribution >= 0.6 is 11.8 Å². The number of nitrogens with one attached hydrogen (secondary N) is 1. The molecule has 0 saturated heterocycles. The SMILES string of the molecule is CCOc1ccccc1-c1nnc(SCC(=O)c2c(N)n(C3CC3)c(=O)[nH]c2=O)o1. The third-order valence-corrected chi connectivity index (χ3v) is 5.34. The van der Waals surface area contributed by atoms with Crippen LogP contribution in [0.15, 0.2) is 43.5 Å². The van der Waals surface area contributed by atoms with Gasteiger partial charge in [-0.15, -0.1) is 10.2 Å². The number of nitrogens with two attached hydrogens (primary N) is 1. The smallest absolute Gasteiger partial charge is 0.330 e. The number of ketones is 1. The highest BCUT2D eigenvalue weighted by Crippen LogP contribution is 2.35. The number of thioether (sulfide) groups is 1. The number of carbonyl (C=O) groups is 1. The van der Waals surface area contributed by atoms with Gasteiger partial charge in [0.1, 0.15) is 17.1 Å². The van der Waals surface area contributed by atoms with Gasteiger partial charge in [-0.1, -0.05) is 23.9 Å². The third kappa shape index (κ3) is 3.88. The van der Waals surface area contributed by atoms with Crippen LogP contribution in [0, 0.1) is 0 Å². The molecule has 1 aliphatic rings. The van der Waals surface area contributed by atoms with E-state index < -0.39 is 17.0 Å². The van der Waals surface area contributed by atoms with E-state index in [-0.39, 0.29) is 34.3 Å². The van der Waals surface area contributed by atoms with Crippen LogP contribution in [0.2, 0.25) is 0 Å². The number of rotatable bonds is 8. The standard InChI is InChI=1S/C19H19N5O5S/c1-2-28-13-6-4-3-5-11(13)17-22-23-19(29-17)30-9-12(25)14-15(20)24(10-7-8-10)18(27)21-16(14)26/h3-6,10H,2,7-9,20H2,1H3,(H,21,26,27). The summed E-state index contributed by atoms with van der Waals surface area (Å²) >= 11 is 0.983. The summed E-state index contributed by atoms with van der Waals surface area (Å²) in [5, 5.41) is 8.11. The monoisotopic (exact) mass is 429 g/mol. The van der Waals surface area contributed by atoms with Crippen molar-refractivity contribution in [3.63, 3.8) is 0 Å². The van der Waals surface area contributed by atoms with Gasteiger partial charge in [-0.3, -0.25) is 19.1 Å². The second-order valence-electron chi connectivity index (χ2n) is 6.63. The van der Waals surface area contributed by atoms with Crippen molar-refractivity contribution in [3.05, 3.63) is 50.7 Å². The van der Waals surface area contributed by atoms with E-state index >= 15 is 0 Å². The Labute approximate surface area is 174 Å². The van der Waals surface area contributed by atoms with Gasteiger partial charge in [-0.2, -0.15) is 0 Å². The van der Waals surface area contributed by atoms with Crippen molar-refractivity contribution in [2.24, 2.45) is 0 Å². The number of H-pyrrole nitrogens is 1. The maximum Gasteiger partial charge on any atom is 0.330 e. The lowest BCUT2D eigenvalue weighted by Crippen LogP contribution is -2.36. The molecule has 0 spiro atoms. The highest BCUT2D eigenvalue weighted by atomic mass is 32.2. The Bertz CT molecular complexity index is 1210. The molecule has 0 radical (unpaired) electrons. The predicted molar refractivity (Wildman–Crippen MR) is 110 cm³/mol. The van der Waals surface area contributed by atoms with Crippen molar-refractivity contribution in [2.75, 3.05) is 18.1 Å². The maximum atomic E-state index is 12.6. The van der Waals surface area contributed by atoms with Crippen LogP contribution in [-0.2, 0) is 0 Å². The number of hydrogen-bond donors (Lipinski definition) is 2. The van der Waals surface area contributed by atoms with Gasteiger partial charge < -0.3 is 14.9 Å². The van der Waals surface area contributed by atoms with Gasteiger partial charge >= 0.3 is 5.69 Å². The number of nitrogens with zero attached hydrogens (tertiary/aromatic N) is 3. The molecule has 11 heteroatoms. The summed E-state index contributed by atoms with van der Waals surface area (Å²) in [6.45, 7) is 2.36. The number of hydrogen-bond acceptors (Lipinski definition) is 9. The maximum absolute atomic E-state index is 12.6. The van der Waals surface area contributed by atoms with E-state index in [1.807, 2.05) is 19.1 Å². The van der Waals surface area contributed by atoms with Gasteiger partial charge in [-0.05, 0) is 31.9 Å². The Morgan fingerprint density at radius 3 is 2.83 bits per heavy atom. The number of aromatic nitrogens is 4. The van der Waals surface area contributed by atoms with E-state index in [1.165, 1.54) is 4.57 Å². The number of benzene rings is 1. The highest BCUT2D eigenvalue weighted by Gasteiger charge is 2.30. The van der Waals surface area contributed by atoms with E-state index in [0.717, 1.165) is 24.6 Å². The first-order valence-electron chi connectivity index (χ1n) is 9.35. The molecule has 0 bridgehead atoms. The minimum Gasteiger partial charge on any atom is -0.493 e. The molecule has 1 saturated carbocycles. The number of aromatic amines is 1. The highest BCUT2D eigenvalue weighted by molar-refractivity contribution is 7.99. The number of ether oxygens (including phenoxy) is 1. The molecule has 1 aliphatic carbocycles. The van der Waals surface area contributed by atoms with Gasteiger partial charge in [0.2, 0.25) is 0 Å². The topological polar surface area (TPSA) is 146 Å². The second-order valence-corrected chi connectivity index (χ2v) is 7.56. The summed E-state index contributed by atoms with van der Waals surface area (Å²) in [5.41, 5.74) is 4.99. The van der Waals surface area contributed by atoms with Crippen LogP contribution in [0.5, 0.6) is 5.75 Å². The summed E-state index contributed by atoms with van der Waals surface area (Å²) in [7, 11) is 0. The average molecular weight is 429 g/mol. The van der Waals surface area contributed by atoms with Crippen LogP contribution in [0.1, 0.15) is 36.2 Å². The Kier molecular flexibility index (Phi) is 5.44. The van der Waals surface area contributed by atoms with Crippen molar-refractivity contribution in [3.8, 4) is 17.2 Å². The molecule has 10 nitrogen and oxygen atoms in total. The Balaban J connectivity index is 1.52. The molecule has 156 valence electrons. The molecule has 0 unspecified atom stereocenters. The predicted octanol–water partition coefficient (Wildman–Crippen LogP) is 1.88. The fourth-order valence-electron chi connectivity index (χ4n) is 3.03. The minimum absolute atomic E-state index is 0.0718. The molecule has 1 fully saturated rings. The van der Waals surface area contributed by atoms with Crippen LogP contribution in [-0.4, -0.2) is 37.9 Å². The van der Waals surface area contributed by atoms with Crippen molar-refractivity contribution >= 4 is 23.4 Å². The molecule has 0 atom stereocenters. The van der Waals surface area contributed by atoms with Gasteiger partial charge in [0.15, 0.2) is 5.78 Å². The first-order valence-corrected chi connectivity index (χ1v) is 10.3. The van der Waals surface area contributed by atoms with Crippen LogP contribution < -0.4 is 21.7 Å². The van der Waals surface area contributed by atoms with Gasteiger partial charge in [0, 0.05) is 6.04 Å². The molecule has 3 N–H and O–H groups in total. The zero-order valence-electron chi connectivity index (χ0n) is 16.1. The lowest BCUT2D eigenvalue weighted by molar-refractivity contribution is 0.102. The molecular formula is C19H19N5O5S. The zero-order chi connectivity index (χ0) is 21.3. The molecule has 4 rings (SSSR count). The van der Waals surface area contributed by atoms with Gasteiger partial charge in [-0.25, -0.2) is 4.79 Å². The quantitative estimate of drug-likeness (QED) is 0.405. The van der Waals surface area contributed by atoms with Gasteiger partial charge in [0.25, 0.3) is 16.7 Å². The molecule has 3 aromatic rings. The zero-order valence-corrected chi connectivity index (χ0v) is 16.9. The summed E-state index contributed by atoms with van der Waals surface area (Å²) in [5.74, 6) is 0.0909. The fourth-order valence-corrected chi connectivity index (χ4v) is 3.67. The normalized spacial score (nSPS) is 13.4. The van der Waals surface area contributed by atoms with Crippen molar-refractivity contribution < 1.29 is 13.9 Å². The van der Waals surface area contributed by atoms with Gasteiger partial charge in [0.05, 0.1) is 17.9 Å². The number of para-hydroxylation sites is 1. The molecule has 0 amide bonds. The van der Waals surface area contributed by atoms with E-state index in [0.29, 0.717) is 17.9 Å². The largest absolute Gasteiger partial charge is 0.493 e. The van der Waals surface area contributed by atoms with E-state index in [4.69, 9.17) is 14.9 Å². The molecule has 1 aromatic carbocycles. The fraction of sp³-hybridized carbons (Fsp3) is 0.316. The van der Waals surface area contributed by atoms with E-state index in [1.54, 1.807) is 12.1 Å². The van der Waals surface area contributed by atoms with Crippen LogP contribution in [0.3, 0.4) is 0 Å². The molecule has 2 heterocycles. The third-order valence-electron chi connectivity index (χ3n) is 4.52. The van der Waals surface area contributed by atoms with Crippen molar-refractivity contribution in [1.82, 2.24) is 19.7 Å². The summed E-state index contributed by atoms with van der Waals surface area (Å²) in [6.07, 6.45) is 1.57. The first kappa shape index (κ1) is 20.0. The summed E-state index contributed by atoms with van der Waals surface area (Å²) < 4.78 is 12.5. The number of Topliss-reactive ketones (excluding diaryl/α,β-unsaturated/α-hetero) is 1. The second kappa shape index (κ2) is 8.19. The van der Waals surface area contributed by atoms with Crippen molar-refractivity contribution in [2.45, 2.75) is 31.0 Å². The first-order chi connectivity index (χ1) is 14.5. The number of anilines is 1. The molecule has 30 heavy (non-hydrogen) atoms. The van der Waals surface area contributed by atoms with Crippen LogP contribution in [0.25, 0.3) is 11.5 Å². The molecule has 0 aliphatic heterocycles. The lowest BCUT2D eigenvalue weighted by Gasteiger charge is -2.10. The average Bonchev–Trinajstić information content (AvgIpc) is 3.43. The van der Waals surface area contributed by atoms with Crippen LogP contribution in [0.4, 0.5) is 5.82 Å². The van der Waals surface area contributed by atoms with E-state index in [2.05, 4.69) is 15.2 Å². The Morgan fingerprint density at radius 1 is 1.33 bits per heavy atom. The Hall–Kier alpha value is -3.34. The van der Waals surface area contributed by atoms with E-state index in [9.17, 15) is 14.4 Å². The number of carbonyl (C=O) groups excluding carboxylic acids is 1. The lowest BCUT2D eigenvalue weighted by atomic mass is 10.2. The van der Waals surface area contributed by atoms with Crippen molar-refractivity contribution in [1.29, 1.82) is 0 Å². The molecular weight excluding hydrogens is 410 g/mol. The summed E-state index contributed by atoms with van der Waals surface area (Å²) in [6, 6.07) is 7.17. The number of nitrogen functional groups attached to an aromatic ring is 1. The Morgan fingerprint density at radius 2 is 2.10 bits per heavy atom.